The van der Waals surface area contributed by atoms with Gasteiger partial charge in [0.2, 0.25) is 0 Å². The second-order valence-corrected chi connectivity index (χ2v) is 8.38. The summed E-state index contributed by atoms with van der Waals surface area (Å²) >= 11 is 2.02. The van der Waals surface area contributed by atoms with Gasteiger partial charge in [-0.1, -0.05) is 13.8 Å². The number of pyridine rings is 1. The van der Waals surface area contributed by atoms with E-state index in [1.54, 1.807) is 0 Å². The van der Waals surface area contributed by atoms with Crippen LogP contribution in [-0.4, -0.2) is 34.4 Å². The summed E-state index contributed by atoms with van der Waals surface area (Å²) in [6.07, 6.45) is 4.44. The Morgan fingerprint density at radius 1 is 1.38 bits per heavy atom. The molecule has 3 N–H and O–H groups in total. The number of aromatic nitrogens is 1. The standard InChI is InChI=1S/C16H24N4S/c1-16(2)6-7-20(8-9-21-16)15-12(14(17)18)10-11-4-3-5-13(11)19-15/h10H,3-9H2,1-2H3,(H3,17,18). The molecule has 5 heteroatoms. The van der Waals surface area contributed by atoms with Gasteiger partial charge in [-0.2, -0.15) is 11.8 Å². The zero-order valence-corrected chi connectivity index (χ0v) is 13.7. The number of nitrogen functional groups attached to an aromatic ring is 1. The molecule has 21 heavy (non-hydrogen) atoms. The van der Waals surface area contributed by atoms with E-state index in [1.165, 1.54) is 17.7 Å². The number of aryl methyl sites for hydroxylation is 2. The minimum Gasteiger partial charge on any atom is -0.384 e. The Balaban J connectivity index is 1.95. The average molecular weight is 304 g/mol. The maximum Gasteiger partial charge on any atom is 0.139 e. The molecule has 1 aliphatic carbocycles. The van der Waals surface area contributed by atoms with Crippen LogP contribution < -0.4 is 10.6 Å². The van der Waals surface area contributed by atoms with E-state index >= 15 is 0 Å². The fourth-order valence-electron chi connectivity index (χ4n) is 3.13. The number of amidine groups is 1. The molecule has 0 amide bonds. The monoisotopic (exact) mass is 304 g/mol. The van der Waals surface area contributed by atoms with E-state index in [9.17, 15) is 0 Å². The Labute approximate surface area is 131 Å². The van der Waals surface area contributed by atoms with Crippen molar-refractivity contribution in [2.24, 2.45) is 5.73 Å². The molecule has 2 aliphatic rings. The molecular weight excluding hydrogens is 280 g/mol. The van der Waals surface area contributed by atoms with Gasteiger partial charge in [-0.15, -0.1) is 0 Å². The summed E-state index contributed by atoms with van der Waals surface area (Å²) in [5, 5.41) is 7.90. The van der Waals surface area contributed by atoms with Crippen molar-refractivity contribution in [3.05, 3.63) is 22.9 Å². The van der Waals surface area contributed by atoms with E-state index in [-0.39, 0.29) is 5.84 Å². The first-order chi connectivity index (χ1) is 9.96. The van der Waals surface area contributed by atoms with Crippen molar-refractivity contribution in [3.63, 3.8) is 0 Å². The normalized spacial score (nSPS) is 21.0. The van der Waals surface area contributed by atoms with Crippen molar-refractivity contribution < 1.29 is 0 Å². The predicted octanol–water partition coefficient (Wildman–Crippen LogP) is 2.58. The van der Waals surface area contributed by atoms with Gasteiger partial charge >= 0.3 is 0 Å². The highest BCUT2D eigenvalue weighted by atomic mass is 32.2. The van der Waals surface area contributed by atoms with Crippen molar-refractivity contribution in [3.8, 4) is 0 Å². The largest absolute Gasteiger partial charge is 0.384 e. The summed E-state index contributed by atoms with van der Waals surface area (Å²) in [5.74, 6) is 2.17. The maximum atomic E-state index is 7.90. The van der Waals surface area contributed by atoms with Gasteiger partial charge in [0.05, 0.1) is 5.56 Å². The highest BCUT2D eigenvalue weighted by molar-refractivity contribution is 8.00. The molecule has 1 saturated heterocycles. The topological polar surface area (TPSA) is 66.0 Å². The maximum absolute atomic E-state index is 7.90. The molecule has 1 aromatic heterocycles. The molecule has 2 heterocycles. The molecule has 1 fully saturated rings. The fourth-order valence-corrected chi connectivity index (χ4v) is 4.23. The van der Waals surface area contributed by atoms with Crippen molar-refractivity contribution in [1.82, 2.24) is 4.98 Å². The Morgan fingerprint density at radius 2 is 2.19 bits per heavy atom. The first-order valence-electron chi connectivity index (χ1n) is 7.72. The Kier molecular flexibility index (Phi) is 3.86. The van der Waals surface area contributed by atoms with Crippen molar-refractivity contribution in [2.75, 3.05) is 23.7 Å². The van der Waals surface area contributed by atoms with Crippen LogP contribution in [0.3, 0.4) is 0 Å². The molecule has 0 saturated carbocycles. The molecule has 4 nitrogen and oxygen atoms in total. The lowest BCUT2D eigenvalue weighted by Crippen LogP contribution is -2.31. The molecule has 3 rings (SSSR count). The zero-order chi connectivity index (χ0) is 15.0. The number of nitrogens with two attached hydrogens (primary N) is 1. The number of nitrogens with one attached hydrogen (secondary N) is 1. The van der Waals surface area contributed by atoms with E-state index in [4.69, 9.17) is 16.1 Å². The van der Waals surface area contributed by atoms with E-state index in [1.807, 2.05) is 11.8 Å². The third-order valence-corrected chi connectivity index (χ3v) is 5.83. The van der Waals surface area contributed by atoms with Crippen LogP contribution in [-0.2, 0) is 12.8 Å². The molecule has 0 spiro atoms. The van der Waals surface area contributed by atoms with Crippen LogP contribution in [0.15, 0.2) is 6.07 Å². The summed E-state index contributed by atoms with van der Waals surface area (Å²) in [4.78, 5) is 7.21. The number of anilines is 1. The lowest BCUT2D eigenvalue weighted by atomic mass is 10.1. The van der Waals surface area contributed by atoms with Crippen molar-refractivity contribution in [2.45, 2.75) is 44.3 Å². The lowest BCUT2D eigenvalue weighted by Gasteiger charge is -2.25. The van der Waals surface area contributed by atoms with Gasteiger partial charge in [-0.3, -0.25) is 5.41 Å². The van der Waals surface area contributed by atoms with E-state index in [2.05, 4.69) is 24.8 Å². The molecule has 1 aliphatic heterocycles. The molecule has 0 radical (unpaired) electrons. The summed E-state index contributed by atoms with van der Waals surface area (Å²) in [6, 6.07) is 2.11. The minimum atomic E-state index is 0.142. The molecule has 0 aromatic carbocycles. The quantitative estimate of drug-likeness (QED) is 0.651. The number of rotatable bonds is 2. The van der Waals surface area contributed by atoms with E-state index in [0.717, 1.165) is 49.5 Å². The van der Waals surface area contributed by atoms with Crippen molar-refractivity contribution in [1.29, 1.82) is 5.41 Å². The molecule has 114 valence electrons. The number of nitrogens with zero attached hydrogens (tertiary/aromatic N) is 2. The highest BCUT2D eigenvalue weighted by Crippen LogP contribution is 2.34. The molecule has 0 bridgehead atoms. The Bertz CT molecular complexity index is 568. The first-order valence-corrected chi connectivity index (χ1v) is 8.71. The summed E-state index contributed by atoms with van der Waals surface area (Å²) in [5.41, 5.74) is 9.14. The molecule has 1 aromatic rings. The van der Waals surface area contributed by atoms with Gasteiger partial charge in [-0.25, -0.2) is 4.98 Å². The van der Waals surface area contributed by atoms with E-state index < -0.39 is 0 Å². The minimum absolute atomic E-state index is 0.142. The number of thioether (sulfide) groups is 1. The van der Waals surface area contributed by atoms with Crippen LogP contribution in [0.25, 0.3) is 0 Å². The number of fused-ring (bicyclic) bond motifs is 1. The van der Waals surface area contributed by atoms with Gasteiger partial charge in [-0.05, 0) is 37.3 Å². The Morgan fingerprint density at radius 3 is 2.95 bits per heavy atom. The van der Waals surface area contributed by atoms with Crippen LogP contribution >= 0.6 is 11.8 Å². The van der Waals surface area contributed by atoms with Crippen molar-refractivity contribution >= 4 is 23.4 Å². The average Bonchev–Trinajstić information content (AvgIpc) is 2.80. The first kappa shape index (κ1) is 14.7. The second-order valence-electron chi connectivity index (χ2n) is 6.58. The van der Waals surface area contributed by atoms with Crippen LogP contribution in [0, 0.1) is 5.41 Å². The number of hydrogen-bond acceptors (Lipinski definition) is 4. The van der Waals surface area contributed by atoms with Gasteiger partial charge in [0, 0.05) is 29.3 Å². The van der Waals surface area contributed by atoms with E-state index in [0.29, 0.717) is 4.75 Å². The zero-order valence-electron chi connectivity index (χ0n) is 12.9. The summed E-state index contributed by atoms with van der Waals surface area (Å²) < 4.78 is 0.321. The SMILES string of the molecule is CC1(C)CCN(c2nc3c(cc2C(=N)N)CCC3)CCS1. The fraction of sp³-hybridized carbons (Fsp3) is 0.625. The smallest absolute Gasteiger partial charge is 0.139 e. The summed E-state index contributed by atoms with van der Waals surface area (Å²) in [6.45, 7) is 6.60. The van der Waals surface area contributed by atoms with Gasteiger partial charge in [0.25, 0.3) is 0 Å². The Hall–Kier alpha value is -1.23. The highest BCUT2D eigenvalue weighted by Gasteiger charge is 2.27. The third kappa shape index (κ3) is 3.03. The van der Waals surface area contributed by atoms with Crippen LogP contribution in [0.2, 0.25) is 0 Å². The second kappa shape index (κ2) is 5.52. The molecule has 0 unspecified atom stereocenters. The number of hydrogen-bond donors (Lipinski definition) is 2. The molecule has 0 atom stereocenters. The predicted molar refractivity (Wildman–Crippen MR) is 90.6 cm³/mol. The lowest BCUT2D eigenvalue weighted by molar-refractivity contribution is 0.634. The van der Waals surface area contributed by atoms with Crippen LogP contribution in [0.4, 0.5) is 5.82 Å². The summed E-state index contributed by atoms with van der Waals surface area (Å²) in [7, 11) is 0. The van der Waals surface area contributed by atoms with Gasteiger partial charge in [0.15, 0.2) is 0 Å². The molecular formula is C16H24N4S. The van der Waals surface area contributed by atoms with Crippen LogP contribution in [0.1, 0.15) is 43.5 Å². The van der Waals surface area contributed by atoms with Gasteiger partial charge < -0.3 is 10.6 Å². The van der Waals surface area contributed by atoms with Gasteiger partial charge in [0.1, 0.15) is 11.7 Å². The third-order valence-electron chi connectivity index (χ3n) is 4.46. The van der Waals surface area contributed by atoms with Crippen LogP contribution in [0.5, 0.6) is 0 Å².